The van der Waals surface area contributed by atoms with Crippen molar-refractivity contribution >= 4 is 29.2 Å². The van der Waals surface area contributed by atoms with Crippen molar-refractivity contribution in [3.05, 3.63) is 70.8 Å². The third-order valence-electron chi connectivity index (χ3n) is 3.62. The number of nitrogens with one attached hydrogen (secondary N) is 1. The summed E-state index contributed by atoms with van der Waals surface area (Å²) < 4.78 is 6.26. The van der Waals surface area contributed by atoms with E-state index in [0.29, 0.717) is 16.5 Å². The molecule has 0 radical (unpaired) electrons. The number of hydrogen-bond acceptors (Lipinski definition) is 5. The van der Waals surface area contributed by atoms with E-state index in [1.807, 2.05) is 0 Å². The minimum absolute atomic E-state index is 0.0166. The smallest absolute Gasteiger partial charge is 0.339 e. The van der Waals surface area contributed by atoms with E-state index < -0.39 is 11.9 Å². The highest BCUT2D eigenvalue weighted by Crippen LogP contribution is 2.18. The number of rotatable bonds is 4. The summed E-state index contributed by atoms with van der Waals surface area (Å²) in [4.78, 5) is 28.5. The lowest BCUT2D eigenvalue weighted by atomic mass is 10.2. The average molecular weight is 371 g/mol. The van der Waals surface area contributed by atoms with Gasteiger partial charge in [-0.15, -0.1) is 5.10 Å². The second-order valence-corrected chi connectivity index (χ2v) is 5.80. The predicted octanol–water partition coefficient (Wildman–Crippen LogP) is 3.27. The number of halogens is 1. The molecule has 0 unspecified atom stereocenters. The summed E-state index contributed by atoms with van der Waals surface area (Å²) in [5.41, 5.74) is 1.30. The maximum absolute atomic E-state index is 12.5. The molecular weight excluding hydrogens is 356 g/mol. The quantitative estimate of drug-likeness (QED) is 0.712. The molecule has 0 saturated carbocycles. The van der Waals surface area contributed by atoms with Gasteiger partial charge in [-0.25, -0.2) is 14.5 Å². The number of para-hydroxylation sites is 1. The first-order valence-corrected chi connectivity index (χ1v) is 8.05. The maximum Gasteiger partial charge on any atom is 0.339 e. The molecule has 8 heteroatoms. The Hall–Kier alpha value is -3.19. The van der Waals surface area contributed by atoms with E-state index in [9.17, 15) is 9.59 Å². The van der Waals surface area contributed by atoms with Crippen molar-refractivity contribution in [3.63, 3.8) is 0 Å². The molecule has 1 amide bonds. The van der Waals surface area contributed by atoms with Gasteiger partial charge >= 0.3 is 5.97 Å². The van der Waals surface area contributed by atoms with E-state index in [-0.39, 0.29) is 11.4 Å². The van der Waals surface area contributed by atoms with Crippen LogP contribution in [0.2, 0.25) is 5.02 Å². The third kappa shape index (κ3) is 3.57. The Balaban J connectivity index is 1.87. The van der Waals surface area contributed by atoms with Gasteiger partial charge in [-0.1, -0.05) is 23.7 Å². The predicted molar refractivity (Wildman–Crippen MR) is 96.8 cm³/mol. The van der Waals surface area contributed by atoms with Gasteiger partial charge in [0.15, 0.2) is 0 Å². The first kappa shape index (κ1) is 17.6. The molecule has 0 atom stereocenters. The minimum Gasteiger partial charge on any atom is -0.465 e. The summed E-state index contributed by atoms with van der Waals surface area (Å²) in [7, 11) is 1.28. The molecule has 132 valence electrons. The van der Waals surface area contributed by atoms with Crippen molar-refractivity contribution in [2.24, 2.45) is 0 Å². The third-order valence-corrected chi connectivity index (χ3v) is 3.88. The van der Waals surface area contributed by atoms with Crippen LogP contribution in [-0.4, -0.2) is 33.8 Å². The molecule has 1 N–H and O–H groups in total. The molecule has 2 aromatic carbocycles. The number of aryl methyl sites for hydroxylation is 1. The van der Waals surface area contributed by atoms with E-state index in [4.69, 9.17) is 16.3 Å². The lowest BCUT2D eigenvalue weighted by Crippen LogP contribution is -2.17. The molecule has 3 rings (SSSR count). The van der Waals surface area contributed by atoms with Crippen LogP contribution in [0.3, 0.4) is 0 Å². The summed E-state index contributed by atoms with van der Waals surface area (Å²) >= 11 is 5.89. The van der Waals surface area contributed by atoms with Gasteiger partial charge in [0.05, 0.1) is 24.0 Å². The van der Waals surface area contributed by atoms with Crippen LogP contribution in [0.25, 0.3) is 5.69 Å². The highest BCUT2D eigenvalue weighted by atomic mass is 35.5. The molecule has 1 aromatic heterocycles. The van der Waals surface area contributed by atoms with Crippen LogP contribution in [0.1, 0.15) is 26.8 Å². The Morgan fingerprint density at radius 3 is 2.50 bits per heavy atom. The molecule has 0 aliphatic rings. The number of benzene rings is 2. The largest absolute Gasteiger partial charge is 0.465 e. The van der Waals surface area contributed by atoms with E-state index in [2.05, 4.69) is 15.4 Å². The molecular formula is C18H15ClN4O3. The van der Waals surface area contributed by atoms with Crippen LogP contribution in [0.5, 0.6) is 0 Å². The van der Waals surface area contributed by atoms with Crippen molar-refractivity contribution in [2.75, 3.05) is 12.4 Å². The zero-order valence-electron chi connectivity index (χ0n) is 14.1. The lowest BCUT2D eigenvalue weighted by Gasteiger charge is -2.07. The van der Waals surface area contributed by atoms with E-state index >= 15 is 0 Å². The number of ether oxygens (including phenoxy) is 1. The van der Waals surface area contributed by atoms with E-state index in [0.717, 1.165) is 5.69 Å². The molecule has 0 spiro atoms. The van der Waals surface area contributed by atoms with Gasteiger partial charge in [-0.05, 0) is 43.3 Å². The normalized spacial score (nSPS) is 10.4. The fraction of sp³-hybridized carbons (Fsp3) is 0.111. The van der Waals surface area contributed by atoms with Crippen LogP contribution >= 0.6 is 11.6 Å². The molecule has 26 heavy (non-hydrogen) atoms. The van der Waals surface area contributed by atoms with Gasteiger partial charge in [0.25, 0.3) is 5.91 Å². The Morgan fingerprint density at radius 1 is 1.12 bits per heavy atom. The highest BCUT2D eigenvalue weighted by molar-refractivity contribution is 6.30. The number of carbonyl (C=O) groups is 2. The number of esters is 1. The molecule has 0 bridgehead atoms. The first-order valence-electron chi connectivity index (χ1n) is 7.68. The molecule has 0 saturated heterocycles. The van der Waals surface area contributed by atoms with Gasteiger partial charge < -0.3 is 10.1 Å². The number of nitrogens with zero attached hydrogens (tertiary/aromatic N) is 3. The first-order chi connectivity index (χ1) is 12.5. The summed E-state index contributed by atoms with van der Waals surface area (Å²) in [5.74, 6) is -0.551. The van der Waals surface area contributed by atoms with Crippen LogP contribution in [0, 0.1) is 6.92 Å². The van der Waals surface area contributed by atoms with Crippen molar-refractivity contribution in [2.45, 2.75) is 6.92 Å². The monoisotopic (exact) mass is 370 g/mol. The molecule has 0 aliphatic carbocycles. The fourth-order valence-electron chi connectivity index (χ4n) is 2.37. The Bertz CT molecular complexity index is 967. The summed E-state index contributed by atoms with van der Waals surface area (Å²) in [6.07, 6.45) is 0. The van der Waals surface area contributed by atoms with Crippen molar-refractivity contribution in [3.8, 4) is 5.69 Å². The zero-order chi connectivity index (χ0) is 18.7. The second-order valence-electron chi connectivity index (χ2n) is 5.36. The van der Waals surface area contributed by atoms with Crippen molar-refractivity contribution in [1.29, 1.82) is 0 Å². The van der Waals surface area contributed by atoms with Crippen molar-refractivity contribution < 1.29 is 14.3 Å². The standard InChI is InChI=1S/C18H15ClN4O3/c1-11-20-16(22-23(11)13-9-7-12(19)8-10-13)17(24)21-15-6-4-3-5-14(15)18(25)26-2/h3-10H,1-2H3,(H,21,24). The molecule has 0 aliphatic heterocycles. The molecule has 3 aromatic rings. The summed E-state index contributed by atoms with van der Waals surface area (Å²) in [6, 6.07) is 13.6. The Morgan fingerprint density at radius 2 is 1.81 bits per heavy atom. The van der Waals surface area contributed by atoms with Crippen LogP contribution in [0.15, 0.2) is 48.5 Å². The topological polar surface area (TPSA) is 86.1 Å². The number of hydrogen-bond donors (Lipinski definition) is 1. The molecule has 1 heterocycles. The number of aromatic nitrogens is 3. The van der Waals surface area contributed by atoms with Gasteiger partial charge in [-0.3, -0.25) is 4.79 Å². The molecule has 7 nitrogen and oxygen atoms in total. The van der Waals surface area contributed by atoms with E-state index in [1.165, 1.54) is 11.8 Å². The summed E-state index contributed by atoms with van der Waals surface area (Å²) in [5, 5.41) is 7.48. The van der Waals surface area contributed by atoms with Gasteiger partial charge in [0.1, 0.15) is 5.82 Å². The number of carbonyl (C=O) groups excluding carboxylic acids is 2. The number of amides is 1. The van der Waals surface area contributed by atoms with Crippen LogP contribution in [0.4, 0.5) is 5.69 Å². The van der Waals surface area contributed by atoms with Crippen LogP contribution < -0.4 is 5.32 Å². The summed E-state index contributed by atoms with van der Waals surface area (Å²) in [6.45, 7) is 1.74. The van der Waals surface area contributed by atoms with Crippen molar-refractivity contribution in [1.82, 2.24) is 14.8 Å². The van der Waals surface area contributed by atoms with E-state index in [1.54, 1.807) is 55.5 Å². The fourth-order valence-corrected chi connectivity index (χ4v) is 2.50. The lowest BCUT2D eigenvalue weighted by molar-refractivity contribution is 0.0602. The SMILES string of the molecule is COC(=O)c1ccccc1NC(=O)c1nc(C)n(-c2ccc(Cl)cc2)n1. The van der Waals surface area contributed by atoms with Crippen LogP contribution in [-0.2, 0) is 4.74 Å². The van der Waals surface area contributed by atoms with Gasteiger partial charge in [0.2, 0.25) is 5.82 Å². The minimum atomic E-state index is -0.545. The highest BCUT2D eigenvalue weighted by Gasteiger charge is 2.18. The average Bonchev–Trinajstić information content (AvgIpc) is 3.04. The maximum atomic E-state index is 12.5. The Kier molecular flexibility index (Phi) is 4.99. The second kappa shape index (κ2) is 7.37. The number of anilines is 1. The zero-order valence-corrected chi connectivity index (χ0v) is 14.8. The Labute approximate surface area is 154 Å². The molecule has 0 fully saturated rings. The van der Waals surface area contributed by atoms with Gasteiger partial charge in [0, 0.05) is 5.02 Å². The van der Waals surface area contributed by atoms with Gasteiger partial charge in [-0.2, -0.15) is 0 Å². The number of methoxy groups -OCH3 is 1.